The molecule has 1 atom stereocenters. The van der Waals surface area contributed by atoms with Crippen LogP contribution in [0, 0.1) is 5.92 Å². The van der Waals surface area contributed by atoms with E-state index < -0.39 is 0 Å². The Kier molecular flexibility index (Phi) is 6.24. The maximum absolute atomic E-state index is 12.8. The van der Waals surface area contributed by atoms with E-state index in [0.29, 0.717) is 13.1 Å². The van der Waals surface area contributed by atoms with Gasteiger partial charge in [0.15, 0.2) is 0 Å². The van der Waals surface area contributed by atoms with Gasteiger partial charge in [-0.05, 0) is 44.5 Å². The smallest absolute Gasteiger partial charge is 0.308 e. The number of carbonyl (C=O) groups excluding carboxylic acids is 2. The normalized spacial score (nSPS) is 16.5. The first-order chi connectivity index (χ1) is 13.1. The van der Waals surface area contributed by atoms with E-state index in [-0.39, 0.29) is 23.8 Å². The molecule has 0 bridgehead atoms. The zero-order chi connectivity index (χ0) is 19.2. The molecule has 1 N–H and O–H groups in total. The van der Waals surface area contributed by atoms with Gasteiger partial charge in [-0.15, -0.1) is 0 Å². The van der Waals surface area contributed by atoms with Crippen molar-refractivity contribution in [2.75, 3.05) is 25.5 Å². The highest BCUT2D eigenvalue weighted by Gasteiger charge is 2.30. The lowest BCUT2D eigenvalue weighted by Gasteiger charge is -2.34. The van der Waals surface area contributed by atoms with Gasteiger partial charge in [0.1, 0.15) is 0 Å². The Hall–Kier alpha value is -2.66. The average molecular weight is 366 g/mol. The second-order valence-corrected chi connectivity index (χ2v) is 6.91. The molecule has 2 aromatic carbocycles. The number of likely N-dealkylation sites (tertiary alicyclic amines) is 1. The molecule has 1 saturated heterocycles. The van der Waals surface area contributed by atoms with Crippen LogP contribution >= 0.6 is 0 Å². The van der Waals surface area contributed by atoms with Crippen molar-refractivity contribution >= 4 is 17.6 Å². The molecule has 0 saturated carbocycles. The Labute approximate surface area is 160 Å². The van der Waals surface area contributed by atoms with Crippen LogP contribution in [0.2, 0.25) is 0 Å². The van der Waals surface area contributed by atoms with E-state index in [1.807, 2.05) is 61.5 Å². The number of methoxy groups -OCH3 is 1. The molecule has 3 rings (SSSR count). The largest absolute Gasteiger partial charge is 0.469 e. The van der Waals surface area contributed by atoms with Crippen molar-refractivity contribution in [2.45, 2.75) is 25.8 Å². The topological polar surface area (TPSA) is 58.6 Å². The van der Waals surface area contributed by atoms with Crippen molar-refractivity contribution in [3.63, 3.8) is 0 Å². The Balaban J connectivity index is 1.65. The van der Waals surface area contributed by atoms with Crippen LogP contribution in [0.4, 0.5) is 5.69 Å². The van der Waals surface area contributed by atoms with Gasteiger partial charge < -0.3 is 10.1 Å². The number of para-hydroxylation sites is 1. The van der Waals surface area contributed by atoms with Crippen molar-refractivity contribution < 1.29 is 14.3 Å². The van der Waals surface area contributed by atoms with Crippen LogP contribution < -0.4 is 5.32 Å². The van der Waals surface area contributed by atoms with Gasteiger partial charge in [-0.2, -0.15) is 0 Å². The number of amides is 1. The summed E-state index contributed by atoms with van der Waals surface area (Å²) in [6.07, 6.45) is 1.45. The summed E-state index contributed by atoms with van der Waals surface area (Å²) in [6, 6.07) is 17.6. The molecular weight excluding hydrogens is 340 g/mol. The molecule has 1 fully saturated rings. The minimum absolute atomic E-state index is 0.0325. The van der Waals surface area contributed by atoms with Gasteiger partial charge in [0.25, 0.3) is 0 Å². The lowest BCUT2D eigenvalue weighted by atomic mass is 9.96. The maximum Gasteiger partial charge on any atom is 0.308 e. The van der Waals surface area contributed by atoms with Crippen molar-refractivity contribution in [3.8, 4) is 11.1 Å². The first kappa shape index (κ1) is 19.1. The number of anilines is 1. The van der Waals surface area contributed by atoms with Crippen molar-refractivity contribution in [2.24, 2.45) is 5.92 Å². The molecule has 0 aliphatic carbocycles. The third-order valence-electron chi connectivity index (χ3n) is 5.26. The minimum Gasteiger partial charge on any atom is -0.469 e. The van der Waals surface area contributed by atoms with Crippen LogP contribution in [0.5, 0.6) is 0 Å². The number of esters is 1. The molecule has 1 aliphatic heterocycles. The molecule has 142 valence electrons. The molecule has 1 aliphatic rings. The summed E-state index contributed by atoms with van der Waals surface area (Å²) >= 11 is 0. The van der Waals surface area contributed by atoms with E-state index >= 15 is 0 Å². The third-order valence-corrected chi connectivity index (χ3v) is 5.26. The number of nitrogens with zero attached hydrogens (tertiary/aromatic N) is 1. The number of hydrogen-bond donors (Lipinski definition) is 1. The summed E-state index contributed by atoms with van der Waals surface area (Å²) in [4.78, 5) is 26.6. The van der Waals surface area contributed by atoms with Crippen LogP contribution in [0.15, 0.2) is 54.6 Å². The fourth-order valence-electron chi connectivity index (χ4n) is 3.55. The molecule has 5 heteroatoms. The molecule has 0 unspecified atom stereocenters. The van der Waals surface area contributed by atoms with Crippen LogP contribution in [0.1, 0.15) is 19.8 Å². The van der Waals surface area contributed by atoms with E-state index in [2.05, 4.69) is 10.2 Å². The molecule has 27 heavy (non-hydrogen) atoms. The molecule has 1 heterocycles. The van der Waals surface area contributed by atoms with Gasteiger partial charge >= 0.3 is 5.97 Å². The molecule has 5 nitrogen and oxygen atoms in total. The first-order valence-electron chi connectivity index (χ1n) is 9.37. The van der Waals surface area contributed by atoms with E-state index in [1.165, 1.54) is 7.11 Å². The summed E-state index contributed by atoms with van der Waals surface area (Å²) in [5.41, 5.74) is 2.88. The fraction of sp³-hybridized carbons (Fsp3) is 0.364. The molecule has 0 spiro atoms. The van der Waals surface area contributed by atoms with Crippen LogP contribution in [0.25, 0.3) is 11.1 Å². The molecule has 2 aromatic rings. The number of rotatable bonds is 5. The zero-order valence-electron chi connectivity index (χ0n) is 15.9. The summed E-state index contributed by atoms with van der Waals surface area (Å²) in [5, 5.41) is 3.08. The standard InChI is InChI=1S/C22H26N2O3/c1-16(24-14-12-18(13-15-24)22(26)27-2)21(25)23-20-11-7-6-10-19(20)17-8-4-3-5-9-17/h3-11,16,18H,12-15H2,1-2H3,(H,23,25)/t16-/m0/s1. The van der Waals surface area contributed by atoms with E-state index in [0.717, 1.165) is 29.7 Å². The second kappa shape index (κ2) is 8.82. The van der Waals surface area contributed by atoms with Crippen LogP contribution in [0.3, 0.4) is 0 Å². The summed E-state index contributed by atoms with van der Waals surface area (Å²) in [7, 11) is 1.43. The van der Waals surface area contributed by atoms with E-state index in [9.17, 15) is 9.59 Å². The predicted molar refractivity (Wildman–Crippen MR) is 106 cm³/mol. The lowest BCUT2D eigenvalue weighted by molar-refractivity contribution is -0.147. The monoisotopic (exact) mass is 366 g/mol. The number of piperidine rings is 1. The highest BCUT2D eigenvalue weighted by atomic mass is 16.5. The molecule has 0 aromatic heterocycles. The highest BCUT2D eigenvalue weighted by molar-refractivity contribution is 5.98. The Morgan fingerprint density at radius 3 is 2.33 bits per heavy atom. The maximum atomic E-state index is 12.8. The van der Waals surface area contributed by atoms with Gasteiger partial charge in [0, 0.05) is 11.3 Å². The van der Waals surface area contributed by atoms with Crippen molar-refractivity contribution in [3.05, 3.63) is 54.6 Å². The third kappa shape index (κ3) is 4.55. The van der Waals surface area contributed by atoms with Crippen LogP contribution in [-0.4, -0.2) is 43.0 Å². The zero-order valence-corrected chi connectivity index (χ0v) is 15.9. The minimum atomic E-state index is -0.257. The van der Waals surface area contributed by atoms with Gasteiger partial charge in [0.05, 0.1) is 19.1 Å². The van der Waals surface area contributed by atoms with Gasteiger partial charge in [0.2, 0.25) is 5.91 Å². The number of carbonyl (C=O) groups is 2. The highest BCUT2D eigenvalue weighted by Crippen LogP contribution is 2.28. The van der Waals surface area contributed by atoms with E-state index in [1.54, 1.807) is 0 Å². The van der Waals surface area contributed by atoms with Crippen molar-refractivity contribution in [1.29, 1.82) is 0 Å². The molecular formula is C22H26N2O3. The summed E-state index contributed by atoms with van der Waals surface area (Å²) in [5.74, 6) is -0.237. The number of hydrogen-bond acceptors (Lipinski definition) is 4. The van der Waals surface area contributed by atoms with E-state index in [4.69, 9.17) is 4.74 Å². The quantitative estimate of drug-likeness (QED) is 0.822. The second-order valence-electron chi connectivity index (χ2n) is 6.91. The molecule has 0 radical (unpaired) electrons. The number of nitrogens with one attached hydrogen (secondary N) is 1. The Morgan fingerprint density at radius 1 is 1.04 bits per heavy atom. The summed E-state index contributed by atoms with van der Waals surface area (Å²) in [6.45, 7) is 3.35. The SMILES string of the molecule is COC(=O)C1CCN([C@@H](C)C(=O)Nc2ccccc2-c2ccccc2)CC1. The number of benzene rings is 2. The van der Waals surface area contributed by atoms with Gasteiger partial charge in [-0.3, -0.25) is 14.5 Å². The van der Waals surface area contributed by atoms with Gasteiger partial charge in [-0.25, -0.2) is 0 Å². The lowest BCUT2D eigenvalue weighted by Crippen LogP contribution is -2.47. The Morgan fingerprint density at radius 2 is 1.67 bits per heavy atom. The Bertz CT molecular complexity index is 783. The molecule has 1 amide bonds. The van der Waals surface area contributed by atoms with Crippen LogP contribution in [-0.2, 0) is 14.3 Å². The predicted octanol–water partition coefficient (Wildman–Crippen LogP) is 3.57. The average Bonchev–Trinajstić information content (AvgIpc) is 2.73. The number of ether oxygens (including phenoxy) is 1. The van der Waals surface area contributed by atoms with Crippen molar-refractivity contribution in [1.82, 2.24) is 4.90 Å². The van der Waals surface area contributed by atoms with Gasteiger partial charge in [-0.1, -0.05) is 48.5 Å². The summed E-state index contributed by atoms with van der Waals surface area (Å²) < 4.78 is 4.83. The first-order valence-corrected chi connectivity index (χ1v) is 9.37. The fourth-order valence-corrected chi connectivity index (χ4v) is 3.55.